The van der Waals surface area contributed by atoms with E-state index in [4.69, 9.17) is 32.9 Å². The van der Waals surface area contributed by atoms with E-state index in [1.165, 1.54) is 0 Å². The number of benzene rings is 2. The van der Waals surface area contributed by atoms with Crippen LogP contribution < -0.4 is 10.1 Å². The van der Waals surface area contributed by atoms with Crippen molar-refractivity contribution in [1.29, 1.82) is 0 Å². The summed E-state index contributed by atoms with van der Waals surface area (Å²) in [5, 5.41) is 11.3. The van der Waals surface area contributed by atoms with Crippen LogP contribution in [0.15, 0.2) is 59.1 Å². The quantitative estimate of drug-likeness (QED) is 0.259. The molecule has 184 valence electrons. The third-order valence-corrected chi connectivity index (χ3v) is 7.12. The maximum atomic E-state index is 13.0. The molecule has 0 bridgehead atoms. The van der Waals surface area contributed by atoms with E-state index in [2.05, 4.69) is 31.4 Å². The summed E-state index contributed by atoms with van der Waals surface area (Å²) < 4.78 is 7.20. The van der Waals surface area contributed by atoms with Crippen LogP contribution in [-0.4, -0.2) is 26.7 Å². The highest BCUT2D eigenvalue weighted by atomic mass is 79.9. The molecule has 36 heavy (non-hydrogen) atoms. The zero-order valence-electron chi connectivity index (χ0n) is 19.8. The lowest BCUT2D eigenvalue weighted by molar-refractivity contribution is 0.0571. The highest BCUT2D eigenvalue weighted by Gasteiger charge is 2.37. The Morgan fingerprint density at radius 3 is 2.56 bits per heavy atom. The summed E-state index contributed by atoms with van der Waals surface area (Å²) >= 11 is 16.3. The van der Waals surface area contributed by atoms with Crippen molar-refractivity contribution in [2.45, 2.75) is 38.8 Å². The topological polar surface area (TPSA) is 79.9 Å². The fraction of sp³-hybridized carbons (Fsp3) is 0.222. The molecule has 0 saturated carbocycles. The molecule has 2 aromatic carbocycles. The van der Waals surface area contributed by atoms with E-state index >= 15 is 0 Å². The summed E-state index contributed by atoms with van der Waals surface area (Å²) in [7, 11) is 0. The highest BCUT2D eigenvalue weighted by molar-refractivity contribution is 9.10. The molecule has 5 rings (SSSR count). The Morgan fingerprint density at radius 2 is 1.86 bits per heavy atom. The van der Waals surface area contributed by atoms with Gasteiger partial charge in [-0.25, -0.2) is 4.98 Å². The molecule has 1 aliphatic heterocycles. The lowest BCUT2D eigenvalue weighted by Crippen LogP contribution is -2.41. The SMILES string of the molecule is Cc1cc(C(=O)NC2CC(C)(C)Oc3nc(-c4cc(Br)ccc4Cl)c(-c4ccc(Cl)cc4)cc32)n[nH]1. The van der Waals surface area contributed by atoms with Crippen LogP contribution in [-0.2, 0) is 0 Å². The molecule has 9 heteroatoms. The predicted molar refractivity (Wildman–Crippen MR) is 146 cm³/mol. The number of rotatable bonds is 4. The number of nitrogens with one attached hydrogen (secondary N) is 2. The Labute approximate surface area is 227 Å². The molecule has 2 N–H and O–H groups in total. The van der Waals surface area contributed by atoms with Crippen LogP contribution in [0.25, 0.3) is 22.4 Å². The minimum Gasteiger partial charge on any atom is -0.471 e. The second-order valence-electron chi connectivity index (χ2n) is 9.44. The second kappa shape index (κ2) is 9.54. The zero-order chi connectivity index (χ0) is 25.6. The monoisotopic (exact) mass is 584 g/mol. The molecule has 2 aromatic heterocycles. The van der Waals surface area contributed by atoms with E-state index in [0.717, 1.165) is 32.4 Å². The van der Waals surface area contributed by atoms with Crippen molar-refractivity contribution < 1.29 is 9.53 Å². The molecule has 0 aliphatic carbocycles. The van der Waals surface area contributed by atoms with Gasteiger partial charge in [-0.15, -0.1) is 0 Å². The van der Waals surface area contributed by atoms with Crippen LogP contribution in [0.4, 0.5) is 0 Å². The van der Waals surface area contributed by atoms with Gasteiger partial charge in [0, 0.05) is 38.3 Å². The van der Waals surface area contributed by atoms with Crippen molar-refractivity contribution in [2.24, 2.45) is 0 Å². The number of aromatic nitrogens is 3. The molecular weight excluding hydrogens is 563 g/mol. The van der Waals surface area contributed by atoms with Gasteiger partial charge in [-0.2, -0.15) is 5.10 Å². The van der Waals surface area contributed by atoms with Crippen molar-refractivity contribution in [2.75, 3.05) is 0 Å². The summed E-state index contributed by atoms with van der Waals surface area (Å²) in [6.07, 6.45) is 0.563. The number of amides is 1. The van der Waals surface area contributed by atoms with Crippen LogP contribution >= 0.6 is 39.1 Å². The molecule has 4 aromatic rings. The van der Waals surface area contributed by atoms with Gasteiger partial charge in [-0.1, -0.05) is 51.3 Å². The first-order chi connectivity index (χ1) is 17.1. The first kappa shape index (κ1) is 24.8. The van der Waals surface area contributed by atoms with E-state index in [1.807, 2.05) is 69.3 Å². The van der Waals surface area contributed by atoms with E-state index in [0.29, 0.717) is 33.7 Å². The Hall–Kier alpha value is -2.87. The average molecular weight is 586 g/mol. The van der Waals surface area contributed by atoms with E-state index < -0.39 is 5.60 Å². The van der Waals surface area contributed by atoms with Crippen molar-refractivity contribution in [3.63, 3.8) is 0 Å². The molecule has 0 fully saturated rings. The predicted octanol–water partition coefficient (Wildman–Crippen LogP) is 7.55. The molecule has 6 nitrogen and oxygen atoms in total. The van der Waals surface area contributed by atoms with Crippen molar-refractivity contribution in [3.05, 3.63) is 86.1 Å². The van der Waals surface area contributed by atoms with Crippen molar-refractivity contribution in [1.82, 2.24) is 20.5 Å². The Balaban J connectivity index is 1.67. The number of H-pyrrole nitrogens is 1. The first-order valence-electron chi connectivity index (χ1n) is 11.4. The smallest absolute Gasteiger partial charge is 0.272 e. The average Bonchev–Trinajstić information content (AvgIpc) is 3.26. The van der Waals surface area contributed by atoms with Gasteiger partial charge in [0.15, 0.2) is 0 Å². The third kappa shape index (κ3) is 5.01. The standard InChI is InChI=1S/C27H23BrCl2N4O2/c1-14-10-22(34-33-14)25(35)31-23-13-27(2,3)36-26-20(23)12-18(15-4-7-17(29)8-5-15)24(32-26)19-11-16(28)6-9-21(19)30/h4-12,23H,13H2,1-3H3,(H,31,35)(H,33,34). The number of pyridine rings is 1. The molecule has 3 heterocycles. The molecule has 0 spiro atoms. The molecule has 1 atom stereocenters. The minimum atomic E-state index is -0.556. The molecular formula is C27H23BrCl2N4O2. The van der Waals surface area contributed by atoms with Crippen LogP contribution in [0.3, 0.4) is 0 Å². The lowest BCUT2D eigenvalue weighted by atomic mass is 9.88. The van der Waals surface area contributed by atoms with Gasteiger partial charge < -0.3 is 10.1 Å². The van der Waals surface area contributed by atoms with E-state index in [1.54, 1.807) is 6.07 Å². The fourth-order valence-electron chi connectivity index (χ4n) is 4.38. The van der Waals surface area contributed by atoms with E-state index in [-0.39, 0.29) is 11.9 Å². The number of carbonyl (C=O) groups is 1. The minimum absolute atomic E-state index is 0.264. The maximum absolute atomic E-state index is 13.0. The number of nitrogens with zero attached hydrogens (tertiary/aromatic N) is 2. The van der Waals surface area contributed by atoms with Crippen LogP contribution in [0.1, 0.15) is 48.1 Å². The number of ether oxygens (including phenoxy) is 1. The van der Waals surface area contributed by atoms with Gasteiger partial charge in [0.2, 0.25) is 5.88 Å². The first-order valence-corrected chi connectivity index (χ1v) is 12.9. The number of carbonyl (C=O) groups excluding carboxylic acids is 1. The summed E-state index contributed by atoms with van der Waals surface area (Å²) in [5.74, 6) is 0.193. The highest BCUT2D eigenvalue weighted by Crippen LogP contribution is 2.45. The Bertz CT molecular complexity index is 1470. The molecule has 0 saturated heterocycles. The van der Waals surface area contributed by atoms with Gasteiger partial charge in [-0.3, -0.25) is 9.89 Å². The van der Waals surface area contributed by atoms with Crippen LogP contribution in [0.2, 0.25) is 10.0 Å². The Kier molecular flexibility index (Phi) is 6.57. The summed E-state index contributed by atoms with van der Waals surface area (Å²) in [6.45, 7) is 5.82. The summed E-state index contributed by atoms with van der Waals surface area (Å²) in [5.41, 5.74) is 4.58. The number of fused-ring (bicyclic) bond motifs is 1. The van der Waals surface area contributed by atoms with E-state index in [9.17, 15) is 4.79 Å². The van der Waals surface area contributed by atoms with Crippen LogP contribution in [0.5, 0.6) is 5.88 Å². The normalized spacial score (nSPS) is 16.2. The van der Waals surface area contributed by atoms with Gasteiger partial charge in [0.25, 0.3) is 5.91 Å². The molecule has 1 unspecified atom stereocenters. The van der Waals surface area contributed by atoms with Gasteiger partial charge >= 0.3 is 0 Å². The fourth-order valence-corrected chi connectivity index (χ4v) is 5.07. The number of halogens is 3. The van der Waals surface area contributed by atoms with Crippen molar-refractivity contribution >= 4 is 45.0 Å². The maximum Gasteiger partial charge on any atom is 0.272 e. The van der Waals surface area contributed by atoms with Crippen LogP contribution in [0, 0.1) is 6.92 Å². The number of aromatic amines is 1. The lowest BCUT2D eigenvalue weighted by Gasteiger charge is -2.37. The summed E-state index contributed by atoms with van der Waals surface area (Å²) in [4.78, 5) is 18.0. The largest absolute Gasteiger partial charge is 0.471 e. The Morgan fingerprint density at radius 1 is 1.11 bits per heavy atom. The van der Waals surface area contributed by atoms with Gasteiger partial charge in [0.05, 0.1) is 16.8 Å². The van der Waals surface area contributed by atoms with Crippen molar-refractivity contribution in [3.8, 4) is 28.3 Å². The number of aryl methyl sites for hydroxylation is 1. The second-order valence-corrected chi connectivity index (χ2v) is 11.2. The number of hydrogen-bond donors (Lipinski definition) is 2. The van der Waals surface area contributed by atoms with Gasteiger partial charge in [-0.05, 0) is 68.8 Å². The molecule has 1 aliphatic rings. The van der Waals surface area contributed by atoms with Gasteiger partial charge in [0.1, 0.15) is 11.3 Å². The third-order valence-electron chi connectivity index (χ3n) is 6.04. The number of hydrogen-bond acceptors (Lipinski definition) is 4. The zero-order valence-corrected chi connectivity index (χ0v) is 22.9. The molecule has 0 radical (unpaired) electrons. The summed E-state index contributed by atoms with van der Waals surface area (Å²) in [6, 6.07) is 16.6. The molecule has 1 amide bonds.